The molecule has 22 heavy (non-hydrogen) atoms. The zero-order valence-corrected chi connectivity index (χ0v) is 12.8. The number of aliphatic carboxylic acids is 1. The van der Waals surface area contributed by atoms with Crippen molar-refractivity contribution in [2.24, 2.45) is 5.14 Å². The lowest BCUT2D eigenvalue weighted by molar-refractivity contribution is -0.143. The first kappa shape index (κ1) is 16.4. The number of benzene rings is 1. The molecule has 1 fully saturated rings. The molecule has 1 aromatic carbocycles. The predicted octanol–water partition coefficient (Wildman–Crippen LogP) is 0.554. The van der Waals surface area contributed by atoms with Crippen molar-refractivity contribution >= 4 is 21.9 Å². The number of primary sulfonamides is 1. The van der Waals surface area contributed by atoms with E-state index < -0.39 is 22.0 Å². The molecule has 120 valence electrons. The Morgan fingerprint density at radius 2 is 1.86 bits per heavy atom. The first-order valence-electron chi connectivity index (χ1n) is 6.91. The molecule has 1 aromatic rings. The molecule has 8 heteroatoms. The highest BCUT2D eigenvalue weighted by atomic mass is 32.2. The molecule has 0 spiro atoms. The van der Waals surface area contributed by atoms with Crippen LogP contribution in [-0.2, 0) is 20.6 Å². The summed E-state index contributed by atoms with van der Waals surface area (Å²) in [6.07, 6.45) is 2.01. The summed E-state index contributed by atoms with van der Waals surface area (Å²) in [6.45, 7) is 0.411. The average Bonchev–Trinajstić information content (AvgIpc) is 2.45. The number of hydrogen-bond donors (Lipinski definition) is 2. The quantitative estimate of drug-likeness (QED) is 0.838. The molecule has 1 amide bonds. The largest absolute Gasteiger partial charge is 0.480 e. The lowest BCUT2D eigenvalue weighted by Crippen LogP contribution is -2.47. The second-order valence-corrected chi connectivity index (χ2v) is 6.97. The van der Waals surface area contributed by atoms with Crippen LogP contribution in [0.2, 0.25) is 0 Å². The minimum atomic E-state index is -3.62. The van der Waals surface area contributed by atoms with Gasteiger partial charge in [-0.3, -0.25) is 4.79 Å². The number of amides is 1. The number of sulfonamides is 1. The van der Waals surface area contributed by atoms with Gasteiger partial charge in [-0.25, -0.2) is 18.4 Å². The average molecular weight is 326 g/mol. The van der Waals surface area contributed by atoms with Crippen LogP contribution in [0.25, 0.3) is 0 Å². The second kappa shape index (κ2) is 6.45. The van der Waals surface area contributed by atoms with Gasteiger partial charge in [-0.15, -0.1) is 0 Å². The Kier molecular flexibility index (Phi) is 4.82. The van der Waals surface area contributed by atoms with E-state index in [9.17, 15) is 23.1 Å². The third kappa shape index (κ3) is 4.05. The molecule has 1 saturated heterocycles. The molecule has 0 aromatic heterocycles. The van der Waals surface area contributed by atoms with Gasteiger partial charge in [0.25, 0.3) is 5.91 Å². The van der Waals surface area contributed by atoms with Gasteiger partial charge < -0.3 is 10.0 Å². The molecule has 1 aliphatic heterocycles. The highest BCUT2D eigenvalue weighted by Gasteiger charge is 2.32. The molecule has 1 atom stereocenters. The van der Waals surface area contributed by atoms with E-state index in [0.29, 0.717) is 24.1 Å². The Morgan fingerprint density at radius 1 is 1.23 bits per heavy atom. The Morgan fingerprint density at radius 3 is 2.41 bits per heavy atom. The number of hydrogen-bond acceptors (Lipinski definition) is 4. The number of carbonyl (C=O) groups is 2. The highest BCUT2D eigenvalue weighted by molar-refractivity contribution is 7.88. The van der Waals surface area contributed by atoms with Gasteiger partial charge in [0.1, 0.15) is 6.04 Å². The number of likely N-dealkylation sites (tertiary alicyclic amines) is 1. The van der Waals surface area contributed by atoms with Gasteiger partial charge in [-0.1, -0.05) is 12.1 Å². The minimum absolute atomic E-state index is 0.303. The maximum Gasteiger partial charge on any atom is 0.326 e. The van der Waals surface area contributed by atoms with Crippen LogP contribution in [0, 0.1) is 0 Å². The van der Waals surface area contributed by atoms with Gasteiger partial charge in [0.05, 0.1) is 5.75 Å². The Labute approximate surface area is 128 Å². The summed E-state index contributed by atoms with van der Waals surface area (Å²) in [5, 5.41) is 14.2. The zero-order chi connectivity index (χ0) is 16.3. The van der Waals surface area contributed by atoms with Gasteiger partial charge in [-0.05, 0) is 37.0 Å². The number of carboxylic acid groups (broad SMARTS) is 1. The molecule has 0 bridgehead atoms. The van der Waals surface area contributed by atoms with Crippen molar-refractivity contribution in [3.63, 3.8) is 0 Å². The molecular weight excluding hydrogens is 308 g/mol. The molecule has 0 aliphatic carbocycles. The summed E-state index contributed by atoms with van der Waals surface area (Å²) in [5.74, 6) is -1.66. The van der Waals surface area contributed by atoms with Gasteiger partial charge in [0, 0.05) is 12.1 Å². The summed E-state index contributed by atoms with van der Waals surface area (Å²) in [4.78, 5) is 25.0. The van der Waals surface area contributed by atoms with Crippen molar-refractivity contribution in [3.8, 4) is 0 Å². The number of carboxylic acids is 1. The molecular formula is C14H18N2O5S. The fourth-order valence-corrected chi connectivity index (χ4v) is 3.23. The first-order chi connectivity index (χ1) is 10.3. The van der Waals surface area contributed by atoms with Crippen molar-refractivity contribution in [2.45, 2.75) is 31.1 Å². The molecule has 2 rings (SSSR count). The van der Waals surface area contributed by atoms with Gasteiger partial charge >= 0.3 is 5.97 Å². The number of nitrogens with two attached hydrogens (primary N) is 1. The van der Waals surface area contributed by atoms with Crippen LogP contribution in [0.15, 0.2) is 24.3 Å². The van der Waals surface area contributed by atoms with E-state index in [1.165, 1.54) is 29.2 Å². The van der Waals surface area contributed by atoms with Crippen molar-refractivity contribution in [1.82, 2.24) is 4.90 Å². The van der Waals surface area contributed by atoms with E-state index in [2.05, 4.69) is 0 Å². The summed E-state index contributed by atoms with van der Waals surface area (Å²) in [5.41, 5.74) is 0.818. The minimum Gasteiger partial charge on any atom is -0.480 e. The van der Waals surface area contributed by atoms with Crippen LogP contribution >= 0.6 is 0 Å². The number of rotatable bonds is 4. The number of carbonyl (C=O) groups excluding carboxylic acids is 1. The van der Waals surface area contributed by atoms with E-state index in [1.807, 2.05) is 0 Å². The molecule has 1 aliphatic rings. The van der Waals surface area contributed by atoms with Crippen molar-refractivity contribution < 1.29 is 23.1 Å². The zero-order valence-electron chi connectivity index (χ0n) is 11.9. The monoisotopic (exact) mass is 326 g/mol. The molecule has 3 N–H and O–H groups in total. The smallest absolute Gasteiger partial charge is 0.326 e. The highest BCUT2D eigenvalue weighted by Crippen LogP contribution is 2.20. The van der Waals surface area contributed by atoms with Crippen LogP contribution in [0.3, 0.4) is 0 Å². The lowest BCUT2D eigenvalue weighted by atomic mass is 10.0. The fraction of sp³-hybridized carbons (Fsp3) is 0.429. The van der Waals surface area contributed by atoms with Crippen molar-refractivity contribution in [1.29, 1.82) is 0 Å². The fourth-order valence-electron chi connectivity index (χ4n) is 2.57. The van der Waals surface area contributed by atoms with Crippen molar-refractivity contribution in [2.75, 3.05) is 6.54 Å². The Hall–Kier alpha value is -1.93. The van der Waals surface area contributed by atoms with Gasteiger partial charge in [-0.2, -0.15) is 0 Å². The lowest BCUT2D eigenvalue weighted by Gasteiger charge is -2.33. The summed E-state index contributed by atoms with van der Waals surface area (Å²) < 4.78 is 22.0. The van der Waals surface area contributed by atoms with E-state index in [4.69, 9.17) is 5.14 Å². The van der Waals surface area contributed by atoms with Crippen molar-refractivity contribution in [3.05, 3.63) is 35.4 Å². The van der Waals surface area contributed by atoms with Gasteiger partial charge in [0.2, 0.25) is 10.0 Å². The third-order valence-electron chi connectivity index (χ3n) is 3.62. The standard InChI is InChI=1S/C14H18N2O5S/c15-22(20,21)9-10-4-6-11(7-5-10)13(17)16-8-2-1-3-12(16)14(18)19/h4-7,12H,1-3,8-9H2,(H,18,19)(H2,15,20,21). The van der Waals surface area contributed by atoms with Crippen LogP contribution < -0.4 is 5.14 Å². The van der Waals surface area contributed by atoms with E-state index in [-0.39, 0.29) is 11.7 Å². The van der Waals surface area contributed by atoms with Crippen LogP contribution in [0.1, 0.15) is 35.2 Å². The van der Waals surface area contributed by atoms with Crippen LogP contribution in [-0.4, -0.2) is 42.9 Å². The summed E-state index contributed by atoms with van der Waals surface area (Å²) >= 11 is 0. The van der Waals surface area contributed by atoms with Gasteiger partial charge in [0.15, 0.2) is 0 Å². The van der Waals surface area contributed by atoms with Crippen LogP contribution in [0.5, 0.6) is 0 Å². The predicted molar refractivity (Wildman–Crippen MR) is 79.6 cm³/mol. The number of piperidine rings is 1. The van der Waals surface area contributed by atoms with E-state index in [1.54, 1.807) is 0 Å². The maximum atomic E-state index is 12.4. The topological polar surface area (TPSA) is 118 Å². The molecule has 0 radical (unpaired) electrons. The van der Waals surface area contributed by atoms with Crippen LogP contribution in [0.4, 0.5) is 0 Å². The molecule has 7 nitrogen and oxygen atoms in total. The number of nitrogens with zero attached hydrogens (tertiary/aromatic N) is 1. The normalized spacial score (nSPS) is 19.0. The van der Waals surface area contributed by atoms with E-state index >= 15 is 0 Å². The maximum absolute atomic E-state index is 12.4. The third-order valence-corrected chi connectivity index (χ3v) is 4.35. The van der Waals surface area contributed by atoms with E-state index in [0.717, 1.165) is 12.8 Å². The first-order valence-corrected chi connectivity index (χ1v) is 8.62. The summed E-state index contributed by atoms with van der Waals surface area (Å²) in [6, 6.07) is 5.21. The molecule has 1 unspecified atom stereocenters. The molecule has 0 saturated carbocycles. The Balaban J connectivity index is 2.16. The molecule has 1 heterocycles. The second-order valence-electron chi connectivity index (χ2n) is 5.35. The Bertz CT molecular complexity index is 669. The summed E-state index contributed by atoms with van der Waals surface area (Å²) in [7, 11) is -3.62. The SMILES string of the molecule is NS(=O)(=O)Cc1ccc(C(=O)N2CCCCC2C(=O)O)cc1.